The maximum Gasteiger partial charge on any atom is 0.243 e. The smallest absolute Gasteiger partial charge is 0.243 e. The first-order chi connectivity index (χ1) is 12.2. The SMILES string of the molecule is CC1(C)CN(C(=O)C2CCCN(S(=O)(=O)c3ccccc3)C2)CCC1N. The Kier molecular flexibility index (Phi) is 5.42. The van der Waals surface area contributed by atoms with Gasteiger partial charge in [0.15, 0.2) is 0 Å². The van der Waals surface area contributed by atoms with Crippen molar-refractivity contribution in [3.8, 4) is 0 Å². The van der Waals surface area contributed by atoms with Crippen molar-refractivity contribution in [1.82, 2.24) is 9.21 Å². The topological polar surface area (TPSA) is 83.7 Å². The van der Waals surface area contributed by atoms with Gasteiger partial charge in [0, 0.05) is 32.2 Å². The van der Waals surface area contributed by atoms with Crippen molar-refractivity contribution >= 4 is 15.9 Å². The fraction of sp³-hybridized carbons (Fsp3) is 0.632. The number of likely N-dealkylation sites (tertiary alicyclic amines) is 1. The molecule has 2 saturated heterocycles. The second kappa shape index (κ2) is 7.29. The predicted molar refractivity (Wildman–Crippen MR) is 101 cm³/mol. The summed E-state index contributed by atoms with van der Waals surface area (Å²) in [4.78, 5) is 15.2. The van der Waals surface area contributed by atoms with Crippen LogP contribution >= 0.6 is 0 Å². The van der Waals surface area contributed by atoms with Crippen LogP contribution in [0.15, 0.2) is 35.2 Å². The van der Waals surface area contributed by atoms with Crippen molar-refractivity contribution < 1.29 is 13.2 Å². The summed E-state index contributed by atoms with van der Waals surface area (Å²) in [6.45, 7) is 6.20. The lowest BCUT2D eigenvalue weighted by Gasteiger charge is -2.44. The summed E-state index contributed by atoms with van der Waals surface area (Å²) in [5.74, 6) is -0.203. The average molecular weight is 380 g/mol. The van der Waals surface area contributed by atoms with Gasteiger partial charge < -0.3 is 10.6 Å². The van der Waals surface area contributed by atoms with Gasteiger partial charge in [-0.25, -0.2) is 8.42 Å². The minimum atomic E-state index is -3.55. The van der Waals surface area contributed by atoms with Gasteiger partial charge in [0.1, 0.15) is 0 Å². The van der Waals surface area contributed by atoms with E-state index in [0.29, 0.717) is 26.1 Å². The van der Waals surface area contributed by atoms with Gasteiger partial charge in [-0.3, -0.25) is 4.79 Å². The molecule has 1 aromatic rings. The van der Waals surface area contributed by atoms with E-state index in [1.165, 1.54) is 4.31 Å². The summed E-state index contributed by atoms with van der Waals surface area (Å²) in [5, 5.41) is 0. The zero-order valence-corrected chi connectivity index (χ0v) is 16.4. The van der Waals surface area contributed by atoms with Gasteiger partial charge in [0.05, 0.1) is 10.8 Å². The largest absolute Gasteiger partial charge is 0.342 e. The number of carbonyl (C=O) groups is 1. The van der Waals surface area contributed by atoms with Crippen LogP contribution in [0.4, 0.5) is 0 Å². The minimum absolute atomic E-state index is 0.0675. The monoisotopic (exact) mass is 379 g/mol. The van der Waals surface area contributed by atoms with Crippen molar-refractivity contribution in [3.63, 3.8) is 0 Å². The molecule has 2 N–H and O–H groups in total. The molecule has 2 atom stereocenters. The number of nitrogens with two attached hydrogens (primary N) is 1. The van der Waals surface area contributed by atoms with E-state index in [2.05, 4.69) is 13.8 Å². The third kappa shape index (κ3) is 3.80. The van der Waals surface area contributed by atoms with Crippen LogP contribution in [0.25, 0.3) is 0 Å². The Balaban J connectivity index is 1.72. The lowest BCUT2D eigenvalue weighted by Crippen LogP contribution is -2.56. The van der Waals surface area contributed by atoms with E-state index < -0.39 is 10.0 Å². The van der Waals surface area contributed by atoms with Crippen molar-refractivity contribution in [2.24, 2.45) is 17.1 Å². The Bertz CT molecular complexity index is 749. The van der Waals surface area contributed by atoms with E-state index in [-0.39, 0.29) is 34.7 Å². The number of rotatable bonds is 3. The molecule has 0 radical (unpaired) electrons. The molecule has 2 heterocycles. The molecule has 2 unspecified atom stereocenters. The Morgan fingerprint density at radius 3 is 2.50 bits per heavy atom. The van der Waals surface area contributed by atoms with Gasteiger partial charge >= 0.3 is 0 Å². The van der Waals surface area contributed by atoms with E-state index >= 15 is 0 Å². The molecule has 6 nitrogen and oxygen atoms in total. The number of amides is 1. The fourth-order valence-corrected chi connectivity index (χ4v) is 5.47. The van der Waals surface area contributed by atoms with Crippen molar-refractivity contribution in [3.05, 3.63) is 30.3 Å². The van der Waals surface area contributed by atoms with Crippen LogP contribution in [0, 0.1) is 11.3 Å². The Morgan fingerprint density at radius 2 is 1.85 bits per heavy atom. The van der Waals surface area contributed by atoms with E-state index in [1.54, 1.807) is 30.3 Å². The summed E-state index contributed by atoms with van der Waals surface area (Å²) in [6.07, 6.45) is 2.24. The fourth-order valence-electron chi connectivity index (χ4n) is 3.92. The molecule has 0 aromatic heterocycles. The molecule has 0 aliphatic carbocycles. The van der Waals surface area contributed by atoms with E-state index in [0.717, 1.165) is 12.8 Å². The second-order valence-electron chi connectivity index (χ2n) is 8.16. The summed E-state index contributed by atoms with van der Waals surface area (Å²) in [6, 6.07) is 8.54. The molecule has 26 heavy (non-hydrogen) atoms. The quantitative estimate of drug-likeness (QED) is 0.866. The average Bonchev–Trinajstić information content (AvgIpc) is 2.64. The number of piperidine rings is 2. The lowest BCUT2D eigenvalue weighted by molar-refractivity contribution is -0.140. The maximum absolute atomic E-state index is 13.0. The Morgan fingerprint density at radius 1 is 1.15 bits per heavy atom. The molecular weight excluding hydrogens is 350 g/mol. The first-order valence-electron chi connectivity index (χ1n) is 9.31. The summed E-state index contributed by atoms with van der Waals surface area (Å²) in [7, 11) is -3.55. The van der Waals surface area contributed by atoms with Crippen molar-refractivity contribution in [2.45, 2.75) is 44.0 Å². The number of benzene rings is 1. The van der Waals surface area contributed by atoms with Crippen LogP contribution in [-0.4, -0.2) is 55.8 Å². The number of hydrogen-bond donors (Lipinski definition) is 1. The van der Waals surface area contributed by atoms with E-state index in [9.17, 15) is 13.2 Å². The van der Waals surface area contributed by atoms with Crippen LogP contribution < -0.4 is 5.73 Å². The highest BCUT2D eigenvalue weighted by molar-refractivity contribution is 7.89. The predicted octanol–water partition coefficient (Wildman–Crippen LogP) is 1.67. The van der Waals surface area contributed by atoms with Gasteiger partial charge in [0.2, 0.25) is 15.9 Å². The summed E-state index contributed by atoms with van der Waals surface area (Å²) < 4.78 is 27.2. The molecular formula is C19H29N3O3S. The van der Waals surface area contributed by atoms with E-state index in [1.807, 2.05) is 4.90 Å². The van der Waals surface area contributed by atoms with Gasteiger partial charge in [-0.2, -0.15) is 4.31 Å². The Hall–Kier alpha value is -1.44. The number of carbonyl (C=O) groups excluding carboxylic acids is 1. The summed E-state index contributed by atoms with van der Waals surface area (Å²) in [5.41, 5.74) is 6.06. The summed E-state index contributed by atoms with van der Waals surface area (Å²) >= 11 is 0. The standard InChI is InChI=1S/C19H29N3O3S/c1-19(2)14-21(12-10-17(19)20)18(23)15-7-6-11-22(13-15)26(24,25)16-8-4-3-5-9-16/h3-5,8-9,15,17H,6-7,10-14,20H2,1-2H3. The zero-order chi connectivity index (χ0) is 18.9. The second-order valence-corrected chi connectivity index (χ2v) is 10.1. The molecule has 0 bridgehead atoms. The Labute approximate surface area is 156 Å². The number of hydrogen-bond acceptors (Lipinski definition) is 4. The maximum atomic E-state index is 13.0. The first kappa shape index (κ1) is 19.3. The minimum Gasteiger partial charge on any atom is -0.342 e. The molecule has 144 valence electrons. The van der Waals surface area contributed by atoms with Crippen LogP contribution in [0.1, 0.15) is 33.1 Å². The van der Waals surface area contributed by atoms with E-state index in [4.69, 9.17) is 5.73 Å². The van der Waals surface area contributed by atoms with Crippen LogP contribution in [0.5, 0.6) is 0 Å². The molecule has 3 rings (SSSR count). The van der Waals surface area contributed by atoms with Crippen LogP contribution in [0.3, 0.4) is 0 Å². The van der Waals surface area contributed by atoms with Gasteiger partial charge in [-0.05, 0) is 36.8 Å². The highest BCUT2D eigenvalue weighted by atomic mass is 32.2. The number of sulfonamides is 1. The van der Waals surface area contributed by atoms with Crippen LogP contribution in [-0.2, 0) is 14.8 Å². The third-order valence-corrected chi connectivity index (χ3v) is 7.62. The normalized spacial score (nSPS) is 27.3. The van der Waals surface area contributed by atoms with Gasteiger partial charge in [0.25, 0.3) is 0 Å². The van der Waals surface area contributed by atoms with Gasteiger partial charge in [-0.15, -0.1) is 0 Å². The highest BCUT2D eigenvalue weighted by Crippen LogP contribution is 2.31. The third-order valence-electron chi connectivity index (χ3n) is 5.74. The molecule has 7 heteroatoms. The zero-order valence-electron chi connectivity index (χ0n) is 15.6. The lowest BCUT2D eigenvalue weighted by atomic mass is 9.79. The highest BCUT2D eigenvalue weighted by Gasteiger charge is 2.39. The van der Waals surface area contributed by atoms with Crippen molar-refractivity contribution in [2.75, 3.05) is 26.2 Å². The molecule has 0 saturated carbocycles. The van der Waals surface area contributed by atoms with Crippen LogP contribution in [0.2, 0.25) is 0 Å². The first-order valence-corrected chi connectivity index (χ1v) is 10.8. The molecule has 1 amide bonds. The molecule has 1 aromatic carbocycles. The van der Waals surface area contributed by atoms with Crippen molar-refractivity contribution in [1.29, 1.82) is 0 Å². The molecule has 2 aliphatic rings. The molecule has 0 spiro atoms. The van der Waals surface area contributed by atoms with Gasteiger partial charge in [-0.1, -0.05) is 32.0 Å². The molecule has 2 aliphatic heterocycles. The molecule has 2 fully saturated rings. The number of nitrogens with zero attached hydrogens (tertiary/aromatic N) is 2.